The molecule has 0 atom stereocenters. The summed E-state index contributed by atoms with van der Waals surface area (Å²) in [5, 5.41) is 0. The Morgan fingerprint density at radius 2 is 1.74 bits per heavy atom. The maximum Gasteiger partial charge on any atom is 0.188 e. The Kier molecular flexibility index (Phi) is 3.99. The Balaban J connectivity index is 2.61. The van der Waals surface area contributed by atoms with Crippen LogP contribution in [0.4, 0.5) is 0 Å². The molecule has 0 heterocycles. The minimum atomic E-state index is 0.147. The van der Waals surface area contributed by atoms with E-state index < -0.39 is 0 Å². The van der Waals surface area contributed by atoms with E-state index in [2.05, 4.69) is 55.8 Å². The van der Waals surface area contributed by atoms with Crippen molar-refractivity contribution in [3.63, 3.8) is 0 Å². The number of rotatable bonds is 3. The quantitative estimate of drug-likeness (QED) is 0.744. The summed E-state index contributed by atoms with van der Waals surface area (Å²) >= 11 is 3.60. The van der Waals surface area contributed by atoms with Crippen molar-refractivity contribution in [1.29, 1.82) is 0 Å². The van der Waals surface area contributed by atoms with Gasteiger partial charge in [-0.2, -0.15) is 0 Å². The van der Waals surface area contributed by atoms with Gasteiger partial charge >= 0.3 is 0 Å². The van der Waals surface area contributed by atoms with Crippen molar-refractivity contribution >= 4 is 15.9 Å². The maximum atomic E-state index is 5.81. The van der Waals surface area contributed by atoms with Gasteiger partial charge in [-0.25, -0.2) is 0 Å². The van der Waals surface area contributed by atoms with E-state index in [0.29, 0.717) is 6.79 Å². The van der Waals surface area contributed by atoms with Crippen LogP contribution in [0.2, 0.25) is 0 Å². The standard InChI is InChI=1S/C16H23BrO2/c1-15(2)6-7-16(3,4)14-12(15)8-11(17)9-13(14)19-10-18-5/h8-9H,6-7,10H2,1-5H3. The van der Waals surface area contributed by atoms with E-state index >= 15 is 0 Å². The van der Waals surface area contributed by atoms with Crippen LogP contribution < -0.4 is 4.74 Å². The lowest BCUT2D eigenvalue weighted by Crippen LogP contribution is -2.34. The molecule has 1 aliphatic carbocycles. The van der Waals surface area contributed by atoms with Gasteiger partial charge in [0.05, 0.1) is 0 Å². The van der Waals surface area contributed by atoms with Crippen molar-refractivity contribution in [2.45, 2.75) is 51.4 Å². The van der Waals surface area contributed by atoms with Crippen LogP contribution in [0.3, 0.4) is 0 Å². The second kappa shape index (κ2) is 5.10. The van der Waals surface area contributed by atoms with Crippen LogP contribution in [0.25, 0.3) is 0 Å². The van der Waals surface area contributed by atoms with E-state index in [0.717, 1.165) is 10.2 Å². The smallest absolute Gasteiger partial charge is 0.188 e. The molecule has 0 aromatic heterocycles. The minimum Gasteiger partial charge on any atom is -0.467 e. The average molecular weight is 327 g/mol. The highest BCUT2D eigenvalue weighted by Gasteiger charge is 2.39. The SMILES string of the molecule is COCOc1cc(Br)cc2c1C(C)(C)CCC2(C)C. The fraction of sp³-hybridized carbons (Fsp3) is 0.625. The van der Waals surface area contributed by atoms with Crippen LogP contribution in [0.5, 0.6) is 5.75 Å². The van der Waals surface area contributed by atoms with Crippen molar-refractivity contribution in [2.24, 2.45) is 0 Å². The molecule has 0 amide bonds. The monoisotopic (exact) mass is 326 g/mol. The van der Waals surface area contributed by atoms with Gasteiger partial charge in [-0.3, -0.25) is 0 Å². The molecule has 0 saturated carbocycles. The van der Waals surface area contributed by atoms with E-state index in [9.17, 15) is 0 Å². The topological polar surface area (TPSA) is 18.5 Å². The number of halogens is 1. The number of fused-ring (bicyclic) bond motifs is 1. The van der Waals surface area contributed by atoms with Crippen LogP contribution in [0.1, 0.15) is 51.7 Å². The highest BCUT2D eigenvalue weighted by Crippen LogP contribution is 2.50. The predicted molar refractivity (Wildman–Crippen MR) is 81.9 cm³/mol. The second-order valence-electron chi connectivity index (χ2n) is 6.65. The molecule has 2 rings (SSSR count). The zero-order valence-electron chi connectivity index (χ0n) is 12.5. The Hall–Kier alpha value is -0.540. The first-order chi connectivity index (χ1) is 8.78. The molecule has 0 aliphatic heterocycles. The molecule has 19 heavy (non-hydrogen) atoms. The fourth-order valence-electron chi connectivity index (χ4n) is 2.93. The lowest BCUT2D eigenvalue weighted by Gasteiger charge is -2.42. The molecule has 106 valence electrons. The predicted octanol–water partition coefficient (Wildman–Crippen LogP) is 4.78. The maximum absolute atomic E-state index is 5.81. The summed E-state index contributed by atoms with van der Waals surface area (Å²) in [5.41, 5.74) is 3.07. The Morgan fingerprint density at radius 1 is 1.11 bits per heavy atom. The number of hydrogen-bond acceptors (Lipinski definition) is 2. The van der Waals surface area contributed by atoms with E-state index in [-0.39, 0.29) is 10.8 Å². The summed E-state index contributed by atoms with van der Waals surface area (Å²) < 4.78 is 11.9. The molecule has 0 radical (unpaired) electrons. The molecule has 3 heteroatoms. The number of benzene rings is 1. The normalized spacial score (nSPS) is 19.9. The molecule has 0 unspecified atom stereocenters. The summed E-state index contributed by atoms with van der Waals surface area (Å²) in [5.74, 6) is 0.948. The van der Waals surface area contributed by atoms with Crippen molar-refractivity contribution < 1.29 is 9.47 Å². The van der Waals surface area contributed by atoms with E-state index in [4.69, 9.17) is 9.47 Å². The van der Waals surface area contributed by atoms with Gasteiger partial charge in [0, 0.05) is 17.1 Å². The molecule has 1 aromatic carbocycles. The van der Waals surface area contributed by atoms with Crippen molar-refractivity contribution in [2.75, 3.05) is 13.9 Å². The summed E-state index contributed by atoms with van der Waals surface area (Å²) in [6.45, 7) is 9.52. The molecule has 0 spiro atoms. The third-order valence-electron chi connectivity index (χ3n) is 4.18. The van der Waals surface area contributed by atoms with Gasteiger partial charge in [-0.05, 0) is 41.4 Å². The minimum absolute atomic E-state index is 0.147. The van der Waals surface area contributed by atoms with Crippen molar-refractivity contribution in [1.82, 2.24) is 0 Å². The Morgan fingerprint density at radius 3 is 2.37 bits per heavy atom. The Bertz CT molecular complexity index is 478. The number of ether oxygens (including phenoxy) is 2. The molecule has 0 bridgehead atoms. The van der Waals surface area contributed by atoms with E-state index in [1.54, 1.807) is 7.11 Å². The summed E-state index contributed by atoms with van der Waals surface area (Å²) in [4.78, 5) is 0. The van der Waals surface area contributed by atoms with Gasteiger partial charge in [0.2, 0.25) is 0 Å². The van der Waals surface area contributed by atoms with Crippen LogP contribution in [0.15, 0.2) is 16.6 Å². The average Bonchev–Trinajstić information content (AvgIpc) is 2.31. The summed E-state index contributed by atoms with van der Waals surface area (Å²) in [6, 6.07) is 4.30. The first kappa shape index (κ1) is 14.9. The van der Waals surface area contributed by atoms with Crippen molar-refractivity contribution in [3.8, 4) is 5.75 Å². The lowest BCUT2D eigenvalue weighted by atomic mass is 9.63. The first-order valence-electron chi connectivity index (χ1n) is 6.74. The number of hydrogen-bond donors (Lipinski definition) is 0. The first-order valence-corrected chi connectivity index (χ1v) is 7.53. The third-order valence-corrected chi connectivity index (χ3v) is 4.64. The van der Waals surface area contributed by atoms with Crippen LogP contribution in [-0.2, 0) is 15.6 Å². The number of methoxy groups -OCH3 is 1. The zero-order chi connectivity index (χ0) is 14.3. The summed E-state index contributed by atoms with van der Waals surface area (Å²) in [6.07, 6.45) is 2.38. The molecule has 2 nitrogen and oxygen atoms in total. The molecular formula is C16H23BrO2. The largest absolute Gasteiger partial charge is 0.467 e. The van der Waals surface area contributed by atoms with Gasteiger partial charge in [-0.1, -0.05) is 43.6 Å². The zero-order valence-corrected chi connectivity index (χ0v) is 14.1. The van der Waals surface area contributed by atoms with E-state index in [1.807, 2.05) is 0 Å². The van der Waals surface area contributed by atoms with Gasteiger partial charge < -0.3 is 9.47 Å². The fourth-order valence-corrected chi connectivity index (χ4v) is 3.37. The molecular weight excluding hydrogens is 304 g/mol. The van der Waals surface area contributed by atoms with Crippen LogP contribution >= 0.6 is 15.9 Å². The molecule has 0 fully saturated rings. The van der Waals surface area contributed by atoms with Gasteiger partial charge in [0.25, 0.3) is 0 Å². The highest BCUT2D eigenvalue weighted by molar-refractivity contribution is 9.10. The van der Waals surface area contributed by atoms with Crippen LogP contribution in [0, 0.1) is 0 Å². The van der Waals surface area contributed by atoms with Gasteiger partial charge in [-0.15, -0.1) is 0 Å². The third kappa shape index (κ3) is 2.82. The van der Waals surface area contributed by atoms with Crippen molar-refractivity contribution in [3.05, 3.63) is 27.7 Å². The lowest BCUT2D eigenvalue weighted by molar-refractivity contribution is 0.0490. The molecule has 0 saturated heterocycles. The van der Waals surface area contributed by atoms with E-state index in [1.165, 1.54) is 24.0 Å². The second-order valence-corrected chi connectivity index (χ2v) is 7.56. The van der Waals surface area contributed by atoms with Gasteiger partial charge in [0.1, 0.15) is 5.75 Å². The highest BCUT2D eigenvalue weighted by atomic mass is 79.9. The molecule has 0 N–H and O–H groups in total. The molecule has 1 aromatic rings. The Labute approximate surface area is 124 Å². The van der Waals surface area contributed by atoms with Crippen LogP contribution in [-0.4, -0.2) is 13.9 Å². The summed E-state index contributed by atoms with van der Waals surface area (Å²) in [7, 11) is 1.65. The van der Waals surface area contributed by atoms with Gasteiger partial charge in [0.15, 0.2) is 6.79 Å². The molecule has 1 aliphatic rings.